The number of benzene rings is 6. The van der Waals surface area contributed by atoms with Gasteiger partial charge in [-0.25, -0.2) is 14.4 Å². The smallest absolute Gasteiger partial charge is 0.337 e. The van der Waals surface area contributed by atoms with Crippen LogP contribution in [-0.2, 0) is 30.9 Å². The number of ether oxygens (including phenoxy) is 1. The van der Waals surface area contributed by atoms with Gasteiger partial charge in [-0.3, -0.25) is 14.6 Å². The van der Waals surface area contributed by atoms with Gasteiger partial charge in [0.15, 0.2) is 5.78 Å². The molecule has 4 amide bonds. The van der Waals surface area contributed by atoms with Crippen LogP contribution in [0.5, 0.6) is 0 Å². The van der Waals surface area contributed by atoms with E-state index in [4.69, 9.17) is 10.5 Å². The molecule has 0 saturated heterocycles. The topological polar surface area (TPSA) is 134 Å². The van der Waals surface area contributed by atoms with Crippen LogP contribution in [0.15, 0.2) is 170 Å². The molecule has 6 rings (SSSR count). The summed E-state index contributed by atoms with van der Waals surface area (Å²) in [5.41, 5.74) is 12.0. The van der Waals surface area contributed by atoms with E-state index < -0.39 is 0 Å². The van der Waals surface area contributed by atoms with Crippen molar-refractivity contribution in [2.45, 2.75) is 26.2 Å². The Morgan fingerprint density at radius 1 is 0.482 bits per heavy atom. The van der Waals surface area contributed by atoms with Crippen molar-refractivity contribution in [3.8, 4) is 0 Å². The van der Waals surface area contributed by atoms with Crippen LogP contribution in [0.4, 0.5) is 21.0 Å². The van der Waals surface area contributed by atoms with Crippen LogP contribution < -0.4 is 26.2 Å². The maximum Gasteiger partial charge on any atom is 0.337 e. The van der Waals surface area contributed by atoms with Crippen molar-refractivity contribution in [2.75, 3.05) is 23.5 Å². The first-order chi connectivity index (χ1) is 27.3. The highest BCUT2D eigenvalue weighted by atomic mass is 16.5. The zero-order valence-corrected chi connectivity index (χ0v) is 31.2. The molecule has 0 aliphatic rings. The number of hydrogen-bond donors (Lipinski definition) is 3. The van der Waals surface area contributed by atoms with Crippen molar-refractivity contribution >= 4 is 35.2 Å². The summed E-state index contributed by atoms with van der Waals surface area (Å²) in [6.45, 7) is 1.66. The minimum atomic E-state index is -0.382. The van der Waals surface area contributed by atoms with E-state index in [2.05, 4.69) is 10.6 Å². The zero-order chi connectivity index (χ0) is 39.5. The second-order valence-electron chi connectivity index (χ2n) is 12.6. The number of esters is 1. The minimum absolute atomic E-state index is 0.0165. The van der Waals surface area contributed by atoms with Crippen molar-refractivity contribution in [3.05, 3.63) is 203 Å². The molecule has 4 N–H and O–H groups in total. The van der Waals surface area contributed by atoms with Gasteiger partial charge in [-0.2, -0.15) is 0 Å². The molecule has 0 unspecified atom stereocenters. The van der Waals surface area contributed by atoms with E-state index in [0.29, 0.717) is 37.3 Å². The molecule has 6 aromatic rings. The number of anilines is 2. The molecule has 284 valence electrons. The summed E-state index contributed by atoms with van der Waals surface area (Å²) in [4.78, 5) is 52.4. The van der Waals surface area contributed by atoms with Gasteiger partial charge in [-0.15, -0.1) is 0 Å². The Balaban J connectivity index is 0.000000214. The molecule has 10 heteroatoms. The van der Waals surface area contributed by atoms with Gasteiger partial charge in [-0.05, 0) is 58.7 Å². The molecule has 0 bridgehead atoms. The van der Waals surface area contributed by atoms with E-state index in [0.717, 1.165) is 33.6 Å². The summed E-state index contributed by atoms with van der Waals surface area (Å²) in [5, 5.41) is 5.94. The Kier molecular flexibility index (Phi) is 15.1. The van der Waals surface area contributed by atoms with Crippen LogP contribution in [0.3, 0.4) is 0 Å². The van der Waals surface area contributed by atoms with Crippen LogP contribution >= 0.6 is 0 Å². The summed E-state index contributed by atoms with van der Waals surface area (Å²) < 4.78 is 4.73. The fraction of sp³-hybridized carbons (Fsp3) is 0.130. The third-order valence-electron chi connectivity index (χ3n) is 8.72. The van der Waals surface area contributed by atoms with Gasteiger partial charge >= 0.3 is 18.0 Å². The van der Waals surface area contributed by atoms with E-state index >= 15 is 0 Å². The van der Waals surface area contributed by atoms with Crippen LogP contribution in [0.2, 0.25) is 0 Å². The third-order valence-corrected chi connectivity index (χ3v) is 8.72. The number of amides is 4. The Morgan fingerprint density at radius 3 is 1.20 bits per heavy atom. The molecular formula is C46H45N5O5. The average molecular weight is 748 g/mol. The van der Waals surface area contributed by atoms with Crippen LogP contribution in [0.1, 0.15) is 43.0 Å². The number of methoxy groups -OCH3 is 1. The number of nitrogens with one attached hydrogen (secondary N) is 2. The van der Waals surface area contributed by atoms with Gasteiger partial charge in [0.2, 0.25) is 0 Å². The first kappa shape index (κ1) is 40.2. The number of ketones is 1. The zero-order valence-electron chi connectivity index (χ0n) is 31.2. The molecule has 0 aliphatic carbocycles. The highest BCUT2D eigenvalue weighted by Gasteiger charge is 2.18. The number of urea groups is 2. The van der Waals surface area contributed by atoms with Crippen molar-refractivity contribution in [1.82, 2.24) is 10.6 Å². The van der Waals surface area contributed by atoms with Gasteiger partial charge in [0.05, 0.1) is 32.3 Å². The molecule has 56 heavy (non-hydrogen) atoms. The van der Waals surface area contributed by atoms with E-state index in [1.807, 2.05) is 146 Å². The molecule has 0 aliphatic heterocycles. The van der Waals surface area contributed by atoms with Crippen LogP contribution in [0, 0.1) is 0 Å². The Hall–Kier alpha value is -7.04. The Morgan fingerprint density at radius 2 is 0.839 bits per heavy atom. The van der Waals surface area contributed by atoms with Crippen LogP contribution in [-0.4, -0.2) is 37.5 Å². The molecule has 6 aromatic carbocycles. The van der Waals surface area contributed by atoms with Crippen molar-refractivity contribution < 1.29 is 23.9 Å². The maximum absolute atomic E-state index is 12.9. The second kappa shape index (κ2) is 21.0. The molecule has 0 heterocycles. The number of nitrogens with two attached hydrogens (primary N) is 1. The van der Waals surface area contributed by atoms with E-state index in [1.54, 1.807) is 34.1 Å². The van der Waals surface area contributed by atoms with Crippen LogP contribution in [0.25, 0.3) is 0 Å². The normalized spacial score (nSPS) is 10.2. The minimum Gasteiger partial charge on any atom is -0.465 e. The lowest BCUT2D eigenvalue weighted by Crippen LogP contribution is -2.39. The van der Waals surface area contributed by atoms with E-state index in [1.165, 1.54) is 7.11 Å². The maximum atomic E-state index is 12.9. The molecule has 0 radical (unpaired) electrons. The highest BCUT2D eigenvalue weighted by molar-refractivity contribution is 5.97. The molecular weight excluding hydrogens is 703 g/mol. The second-order valence-corrected chi connectivity index (χ2v) is 12.6. The van der Waals surface area contributed by atoms with Gasteiger partial charge in [0.1, 0.15) is 0 Å². The number of Topliss-reactive ketones (excluding diaryl/α,β-unsaturated/α-hetero) is 1. The Labute approximate surface area is 327 Å². The molecule has 0 fully saturated rings. The number of rotatable bonds is 13. The van der Waals surface area contributed by atoms with Crippen molar-refractivity contribution in [3.63, 3.8) is 0 Å². The molecule has 0 aromatic heterocycles. The quantitative estimate of drug-likeness (QED) is 0.0807. The van der Waals surface area contributed by atoms with E-state index in [-0.39, 0.29) is 30.4 Å². The number of hydrogen-bond acceptors (Lipinski definition) is 6. The summed E-state index contributed by atoms with van der Waals surface area (Å²) in [5.74, 6) is -0.487. The fourth-order valence-corrected chi connectivity index (χ4v) is 5.66. The largest absolute Gasteiger partial charge is 0.465 e. The lowest BCUT2D eigenvalue weighted by Gasteiger charge is -2.23. The number of para-hydroxylation sites is 2. The number of carbonyl (C=O) groups excluding carboxylic acids is 4. The first-order valence-corrected chi connectivity index (χ1v) is 18.1. The number of carbonyl (C=O) groups is 4. The molecule has 0 spiro atoms. The summed E-state index contributed by atoms with van der Waals surface area (Å²) in [6.07, 6.45) is 0. The summed E-state index contributed by atoms with van der Waals surface area (Å²) >= 11 is 0. The average Bonchev–Trinajstić information content (AvgIpc) is 3.27. The van der Waals surface area contributed by atoms with Crippen molar-refractivity contribution in [1.29, 1.82) is 0 Å². The van der Waals surface area contributed by atoms with Gasteiger partial charge in [0.25, 0.3) is 0 Å². The molecule has 0 saturated carbocycles. The first-order valence-electron chi connectivity index (χ1n) is 18.1. The third kappa shape index (κ3) is 12.0. The standard InChI is InChI=1S/C23H23N3O2.C23H22N2O3/c24-15-22(27)20-13-11-19(12-14-20)17-26(21-9-5-2-6-10-21)23(28)25-16-18-7-3-1-4-8-18;1-28-22(26)20-14-12-19(13-15-20)17-25(21-10-6-3-7-11-21)23(27)24-16-18-8-4-2-5-9-18/h1-14H,15-17,24H2,(H,25,28);2-15H,16-17H2,1H3,(H,24,27). The molecule has 10 nitrogen and oxygen atoms in total. The predicted molar refractivity (Wildman–Crippen MR) is 220 cm³/mol. The predicted octanol–water partition coefficient (Wildman–Crippen LogP) is 8.13. The monoisotopic (exact) mass is 747 g/mol. The lowest BCUT2D eigenvalue weighted by atomic mass is 10.1. The van der Waals surface area contributed by atoms with Gasteiger partial charge < -0.3 is 21.1 Å². The highest BCUT2D eigenvalue weighted by Crippen LogP contribution is 2.20. The van der Waals surface area contributed by atoms with Gasteiger partial charge in [-0.1, -0.05) is 133 Å². The summed E-state index contributed by atoms with van der Waals surface area (Å²) in [6, 6.07) is 52.4. The fourth-order valence-electron chi connectivity index (χ4n) is 5.66. The SMILES string of the molecule is COC(=O)c1ccc(CN(C(=O)NCc2ccccc2)c2ccccc2)cc1.NCC(=O)c1ccc(CN(C(=O)NCc2ccccc2)c2ccccc2)cc1. The van der Waals surface area contributed by atoms with Crippen molar-refractivity contribution in [2.24, 2.45) is 5.73 Å². The number of nitrogens with zero attached hydrogens (tertiary/aromatic N) is 2. The van der Waals surface area contributed by atoms with Gasteiger partial charge in [0, 0.05) is 30.0 Å². The molecule has 0 atom stereocenters. The summed E-state index contributed by atoms with van der Waals surface area (Å²) in [7, 11) is 1.35. The van der Waals surface area contributed by atoms with E-state index in [9.17, 15) is 19.2 Å². The Bertz CT molecular complexity index is 1980. The lowest BCUT2D eigenvalue weighted by molar-refractivity contribution is 0.0600.